The molecule has 0 unspecified atom stereocenters. The molecule has 0 spiro atoms. The smallest absolute Gasteiger partial charge is 0.0635 e. The largest absolute Gasteiger partial charge is 0.0716 e. The number of hydrogen-bond donors (Lipinski definition) is 0. The van der Waals surface area contributed by atoms with Gasteiger partial charge < -0.3 is 0 Å². The van der Waals surface area contributed by atoms with Gasteiger partial charge in [0.05, 0.1) is 10.2 Å². The van der Waals surface area contributed by atoms with Gasteiger partial charge >= 0.3 is 0 Å². The first kappa shape index (κ1) is 17.7. The molecule has 1 saturated carbocycles. The Morgan fingerprint density at radius 1 is 0.615 bits per heavy atom. The molecule has 0 bridgehead atoms. The minimum absolute atomic E-state index is 0.203. The summed E-state index contributed by atoms with van der Waals surface area (Å²) in [7, 11) is 3.47. The van der Waals surface area contributed by atoms with Crippen LogP contribution in [0.2, 0.25) is 0 Å². The Morgan fingerprint density at radius 3 is 1.65 bits per heavy atom. The molecule has 1 aliphatic rings. The van der Waals surface area contributed by atoms with Crippen LogP contribution in [-0.2, 0) is 5.16 Å². The van der Waals surface area contributed by atoms with Gasteiger partial charge in [0, 0.05) is 5.16 Å². The minimum atomic E-state index is -0.477. The van der Waals surface area contributed by atoms with Crippen LogP contribution in [0.25, 0.3) is 0 Å². The van der Waals surface area contributed by atoms with Crippen molar-refractivity contribution in [2.45, 2.75) is 37.3 Å². The van der Waals surface area contributed by atoms with E-state index in [0.29, 0.717) is 0 Å². The second kappa shape index (κ2) is 7.90. The first-order chi connectivity index (χ1) is 12.8. The van der Waals surface area contributed by atoms with E-state index in [-0.39, 0.29) is 5.16 Å². The van der Waals surface area contributed by atoms with E-state index in [4.69, 9.17) is 0 Å². The summed E-state index contributed by atoms with van der Waals surface area (Å²) in [5.74, 6) is 0. The molecule has 0 aromatic heterocycles. The summed E-state index contributed by atoms with van der Waals surface area (Å²) in [5.41, 5.74) is 1.50. The quantitative estimate of drug-likeness (QED) is 0.458. The van der Waals surface area contributed by atoms with E-state index >= 15 is 0 Å². The highest BCUT2D eigenvalue weighted by Crippen LogP contribution is 2.61. The molecular weight excluding hydrogens is 347 g/mol. The van der Waals surface area contributed by atoms with E-state index in [0.717, 1.165) is 0 Å². The van der Waals surface area contributed by atoms with E-state index < -0.39 is 7.92 Å². The fraction of sp³-hybridized carbons (Fsp3) is 0.250. The Morgan fingerprint density at radius 2 is 1.12 bits per heavy atom. The molecule has 1 aliphatic carbocycles. The maximum absolute atomic E-state index is 3.95. The van der Waals surface area contributed by atoms with Crippen molar-refractivity contribution in [3.05, 3.63) is 90.5 Å². The van der Waals surface area contributed by atoms with Crippen molar-refractivity contribution in [3.63, 3.8) is 0 Å². The second-order valence-electron chi connectivity index (χ2n) is 7.14. The van der Waals surface area contributed by atoms with Crippen molar-refractivity contribution in [2.24, 2.45) is 0 Å². The topological polar surface area (TPSA) is 0 Å². The zero-order valence-corrected chi connectivity index (χ0v) is 17.0. The Labute approximate surface area is 161 Å². The number of rotatable bonds is 4. The van der Waals surface area contributed by atoms with Gasteiger partial charge in [-0.25, -0.2) is 0 Å². The van der Waals surface area contributed by atoms with Crippen molar-refractivity contribution in [2.75, 3.05) is 0 Å². The van der Waals surface area contributed by atoms with Crippen molar-refractivity contribution < 1.29 is 0 Å². The van der Waals surface area contributed by atoms with Crippen molar-refractivity contribution >= 4 is 34.0 Å². The van der Waals surface area contributed by atoms with Gasteiger partial charge in [-0.3, -0.25) is 0 Å². The van der Waals surface area contributed by atoms with Crippen LogP contribution in [0.4, 0.5) is 0 Å². The second-order valence-corrected chi connectivity index (χ2v) is 10.2. The van der Waals surface area contributed by atoms with Gasteiger partial charge in [-0.15, -0.1) is 0 Å². The maximum Gasteiger partial charge on any atom is 0.0716 e. The normalized spacial score (nSPS) is 16.5. The molecule has 129 valence electrons. The Hall–Kier alpha value is -1.69. The Kier molecular flexibility index (Phi) is 5.38. The third-order valence-electron chi connectivity index (χ3n) is 5.57. The van der Waals surface area contributed by atoms with Crippen molar-refractivity contribution in [1.82, 2.24) is 0 Å². The van der Waals surface area contributed by atoms with E-state index in [9.17, 15) is 0 Å². The maximum atomic E-state index is 3.95. The summed E-state index contributed by atoms with van der Waals surface area (Å²) in [6, 6.07) is 31.3. The SMILES string of the molecule is [Si]c1ccccc1C1(P(c2ccccc2)c2ccccc2)CCCCC1. The van der Waals surface area contributed by atoms with Crippen LogP contribution in [0, 0.1) is 0 Å². The number of hydrogen-bond acceptors (Lipinski definition) is 0. The van der Waals surface area contributed by atoms with Crippen LogP contribution in [0.1, 0.15) is 37.7 Å². The first-order valence-corrected chi connectivity index (χ1v) is 11.4. The highest BCUT2D eigenvalue weighted by Gasteiger charge is 2.43. The van der Waals surface area contributed by atoms with Gasteiger partial charge in [-0.1, -0.05) is 109 Å². The summed E-state index contributed by atoms with van der Waals surface area (Å²) >= 11 is 0. The zero-order valence-electron chi connectivity index (χ0n) is 15.1. The predicted molar refractivity (Wildman–Crippen MR) is 116 cm³/mol. The first-order valence-electron chi connectivity index (χ1n) is 9.53. The molecule has 0 heterocycles. The molecule has 0 amide bonds. The Balaban J connectivity index is 1.95. The van der Waals surface area contributed by atoms with E-state index in [2.05, 4.69) is 95.2 Å². The molecule has 0 N–H and O–H groups in total. The lowest BCUT2D eigenvalue weighted by molar-refractivity contribution is 0.404. The molecule has 3 aromatic carbocycles. The molecule has 3 aromatic rings. The predicted octanol–water partition coefficient (Wildman–Crippen LogP) is 4.77. The lowest BCUT2D eigenvalue weighted by Crippen LogP contribution is -2.38. The van der Waals surface area contributed by atoms with Crippen LogP contribution >= 0.6 is 7.92 Å². The average Bonchev–Trinajstić information content (AvgIpc) is 2.71. The fourth-order valence-electron chi connectivity index (χ4n) is 4.44. The third kappa shape index (κ3) is 3.31. The molecule has 3 radical (unpaired) electrons. The molecule has 0 nitrogen and oxygen atoms in total. The average molecular weight is 372 g/mol. The highest BCUT2D eigenvalue weighted by molar-refractivity contribution is 7.74. The summed E-state index contributed by atoms with van der Waals surface area (Å²) in [4.78, 5) is 0. The van der Waals surface area contributed by atoms with Crippen LogP contribution in [0.15, 0.2) is 84.9 Å². The van der Waals surface area contributed by atoms with E-state index in [1.165, 1.54) is 53.5 Å². The summed E-state index contributed by atoms with van der Waals surface area (Å²) in [5, 5.41) is 4.44. The molecule has 1 fully saturated rings. The van der Waals surface area contributed by atoms with E-state index in [1.807, 2.05) is 0 Å². The number of benzene rings is 3. The molecule has 2 heteroatoms. The molecule has 4 rings (SSSR count). The zero-order chi connectivity index (χ0) is 17.8. The molecule has 26 heavy (non-hydrogen) atoms. The van der Waals surface area contributed by atoms with Crippen LogP contribution in [0.5, 0.6) is 0 Å². The summed E-state index contributed by atoms with van der Waals surface area (Å²) < 4.78 is 0. The molecule has 0 atom stereocenters. The summed E-state index contributed by atoms with van der Waals surface area (Å²) in [6.45, 7) is 0. The molecular formula is C24H24PSi. The van der Waals surface area contributed by atoms with E-state index in [1.54, 1.807) is 0 Å². The molecule has 0 saturated heterocycles. The lowest BCUT2D eigenvalue weighted by atomic mass is 9.83. The summed E-state index contributed by atoms with van der Waals surface area (Å²) in [6.07, 6.45) is 6.53. The minimum Gasteiger partial charge on any atom is -0.0635 e. The van der Waals surface area contributed by atoms with Gasteiger partial charge in [0.25, 0.3) is 0 Å². The van der Waals surface area contributed by atoms with Crippen molar-refractivity contribution in [3.8, 4) is 0 Å². The third-order valence-corrected chi connectivity index (χ3v) is 9.18. The fourth-order valence-corrected chi connectivity index (χ4v) is 8.39. The Bertz CT molecular complexity index is 799. The standard InChI is InChI=1S/C24H24PSi/c26-23-17-9-8-16-22(23)24(18-10-3-11-19-24)25(20-12-4-1-5-13-20)21-14-6-2-7-15-21/h1-2,4-9,12-17H,3,10-11,18-19H2. The van der Waals surface area contributed by atoms with Gasteiger partial charge in [0.2, 0.25) is 0 Å². The van der Waals surface area contributed by atoms with Crippen molar-refractivity contribution in [1.29, 1.82) is 0 Å². The van der Waals surface area contributed by atoms with Crippen LogP contribution < -0.4 is 15.8 Å². The van der Waals surface area contributed by atoms with Gasteiger partial charge in [-0.05, 0) is 36.9 Å². The van der Waals surface area contributed by atoms with Crippen LogP contribution in [-0.4, -0.2) is 10.2 Å². The highest BCUT2D eigenvalue weighted by atomic mass is 31.1. The monoisotopic (exact) mass is 371 g/mol. The molecule has 0 aliphatic heterocycles. The van der Waals surface area contributed by atoms with Gasteiger partial charge in [-0.2, -0.15) is 0 Å². The van der Waals surface area contributed by atoms with Gasteiger partial charge in [0.15, 0.2) is 0 Å². The van der Waals surface area contributed by atoms with Crippen LogP contribution in [0.3, 0.4) is 0 Å². The van der Waals surface area contributed by atoms with Gasteiger partial charge in [0.1, 0.15) is 0 Å². The lowest BCUT2D eigenvalue weighted by Gasteiger charge is -2.46.